The van der Waals surface area contributed by atoms with Crippen LogP contribution in [0.1, 0.15) is 27.8 Å². The molecule has 0 aromatic heterocycles. The molecule has 0 aliphatic carbocycles. The van der Waals surface area contributed by atoms with Crippen molar-refractivity contribution in [3.05, 3.63) is 97.4 Å². The molecule has 6 nitrogen and oxygen atoms in total. The lowest BCUT2D eigenvalue weighted by Gasteiger charge is -2.27. The number of rotatable bonds is 5. The van der Waals surface area contributed by atoms with Gasteiger partial charge in [-0.15, -0.1) is 0 Å². The summed E-state index contributed by atoms with van der Waals surface area (Å²) < 4.78 is 20.0. The molecule has 1 saturated heterocycles. The summed E-state index contributed by atoms with van der Waals surface area (Å²) in [6.45, 7) is 3.71. The second-order valence-electron chi connectivity index (χ2n) is 8.24. The summed E-state index contributed by atoms with van der Waals surface area (Å²) in [5.74, 6) is -1.25. The summed E-state index contributed by atoms with van der Waals surface area (Å²) >= 11 is 2.15. The van der Waals surface area contributed by atoms with E-state index >= 15 is 0 Å². The van der Waals surface area contributed by atoms with Crippen LogP contribution in [0.5, 0.6) is 5.75 Å². The Morgan fingerprint density at radius 2 is 1.83 bits per heavy atom. The van der Waals surface area contributed by atoms with Crippen molar-refractivity contribution in [1.29, 1.82) is 0 Å². The number of hydrogen-bond acceptors (Lipinski definition) is 4. The lowest BCUT2D eigenvalue weighted by atomic mass is 10.00. The predicted octanol–water partition coefficient (Wildman–Crippen LogP) is 5.31. The standard InChI is InChI=1S/C27H22FIN2O4/c1-15-7-8-23(16(2)9-15)31-26(33)21(25(32)30-27(31)34)12-18-13-22(29)20(24(14-18)35-3)11-17-5-4-6-19(28)10-17/h4-10,12-14H,11H2,1-3H3,(H,30,32,34)/b21-12+. The van der Waals surface area contributed by atoms with E-state index in [1.807, 2.05) is 25.1 Å². The highest BCUT2D eigenvalue weighted by molar-refractivity contribution is 14.1. The zero-order valence-electron chi connectivity index (χ0n) is 19.3. The molecule has 178 valence electrons. The average molecular weight is 584 g/mol. The van der Waals surface area contributed by atoms with Crippen molar-refractivity contribution in [2.75, 3.05) is 12.0 Å². The Labute approximate surface area is 215 Å². The summed E-state index contributed by atoms with van der Waals surface area (Å²) in [5.41, 5.74) is 4.17. The Bertz CT molecular complexity index is 1400. The van der Waals surface area contributed by atoms with Crippen LogP contribution in [0.3, 0.4) is 0 Å². The molecule has 4 amide bonds. The average Bonchev–Trinajstić information content (AvgIpc) is 2.79. The first-order valence-electron chi connectivity index (χ1n) is 10.8. The first-order valence-corrected chi connectivity index (χ1v) is 11.9. The Kier molecular flexibility index (Phi) is 7.02. The molecule has 1 N–H and O–H groups in total. The smallest absolute Gasteiger partial charge is 0.335 e. The Hall–Kier alpha value is -3.53. The number of nitrogens with zero attached hydrogens (tertiary/aromatic N) is 1. The van der Waals surface area contributed by atoms with Gasteiger partial charge in [-0.05, 0) is 89.5 Å². The van der Waals surface area contributed by atoms with Crippen molar-refractivity contribution in [2.45, 2.75) is 20.3 Å². The molecule has 3 aromatic carbocycles. The van der Waals surface area contributed by atoms with E-state index in [2.05, 4.69) is 27.9 Å². The zero-order chi connectivity index (χ0) is 25.3. The number of hydrogen-bond donors (Lipinski definition) is 1. The highest BCUT2D eigenvalue weighted by Gasteiger charge is 2.37. The highest BCUT2D eigenvalue weighted by Crippen LogP contribution is 2.31. The number of ether oxygens (including phenoxy) is 1. The van der Waals surface area contributed by atoms with Gasteiger partial charge in [-0.2, -0.15) is 0 Å². The first-order chi connectivity index (χ1) is 16.7. The maximum Gasteiger partial charge on any atom is 0.335 e. The van der Waals surface area contributed by atoms with Gasteiger partial charge in [0.2, 0.25) is 0 Å². The van der Waals surface area contributed by atoms with Crippen LogP contribution in [-0.4, -0.2) is 25.0 Å². The first kappa shape index (κ1) is 24.6. The number of anilines is 1. The van der Waals surface area contributed by atoms with Crippen LogP contribution in [0, 0.1) is 23.2 Å². The molecule has 0 atom stereocenters. The predicted molar refractivity (Wildman–Crippen MR) is 140 cm³/mol. The molecular formula is C27H22FIN2O4. The maximum atomic E-state index is 13.6. The monoisotopic (exact) mass is 584 g/mol. The van der Waals surface area contributed by atoms with E-state index in [1.54, 1.807) is 31.2 Å². The van der Waals surface area contributed by atoms with Gasteiger partial charge in [-0.3, -0.25) is 14.9 Å². The molecule has 4 rings (SSSR count). The minimum atomic E-state index is -0.790. The fourth-order valence-corrected chi connectivity index (χ4v) is 4.83. The molecule has 0 saturated carbocycles. The molecule has 1 heterocycles. The number of urea groups is 1. The molecule has 3 aromatic rings. The number of halogens is 2. The number of imide groups is 2. The second kappa shape index (κ2) is 9.99. The van der Waals surface area contributed by atoms with E-state index in [4.69, 9.17) is 4.74 Å². The van der Waals surface area contributed by atoms with Crippen molar-refractivity contribution in [2.24, 2.45) is 0 Å². The van der Waals surface area contributed by atoms with Crippen LogP contribution in [0.2, 0.25) is 0 Å². The van der Waals surface area contributed by atoms with Gasteiger partial charge in [0.15, 0.2) is 0 Å². The summed E-state index contributed by atoms with van der Waals surface area (Å²) in [7, 11) is 1.52. The summed E-state index contributed by atoms with van der Waals surface area (Å²) in [6.07, 6.45) is 1.89. The Morgan fingerprint density at radius 1 is 1.06 bits per heavy atom. The number of amides is 4. The molecule has 1 fully saturated rings. The van der Waals surface area contributed by atoms with Crippen LogP contribution in [0.15, 0.2) is 60.2 Å². The SMILES string of the molecule is COc1cc(/C=C2\C(=O)NC(=O)N(c3ccc(C)cc3C)C2=O)cc(I)c1Cc1cccc(F)c1. The van der Waals surface area contributed by atoms with Crippen LogP contribution >= 0.6 is 22.6 Å². The minimum absolute atomic E-state index is 0.166. The topological polar surface area (TPSA) is 75.7 Å². The van der Waals surface area contributed by atoms with Crippen LogP contribution in [-0.2, 0) is 16.0 Å². The Balaban J connectivity index is 1.72. The van der Waals surface area contributed by atoms with Gasteiger partial charge in [0, 0.05) is 15.6 Å². The molecule has 0 radical (unpaired) electrons. The van der Waals surface area contributed by atoms with Crippen molar-refractivity contribution in [1.82, 2.24) is 5.32 Å². The van der Waals surface area contributed by atoms with E-state index in [-0.39, 0.29) is 11.4 Å². The number of aryl methyl sites for hydroxylation is 2. The van der Waals surface area contributed by atoms with E-state index in [9.17, 15) is 18.8 Å². The number of benzene rings is 3. The van der Waals surface area contributed by atoms with Gasteiger partial charge >= 0.3 is 6.03 Å². The van der Waals surface area contributed by atoms with E-state index in [0.29, 0.717) is 23.4 Å². The molecular weight excluding hydrogens is 562 g/mol. The molecule has 1 aliphatic rings. The van der Waals surface area contributed by atoms with E-state index in [1.165, 1.54) is 25.3 Å². The van der Waals surface area contributed by atoms with Crippen molar-refractivity contribution < 1.29 is 23.5 Å². The molecule has 0 unspecified atom stereocenters. The third kappa shape index (κ3) is 5.12. The van der Waals surface area contributed by atoms with Crippen LogP contribution < -0.4 is 15.0 Å². The number of methoxy groups -OCH3 is 1. The van der Waals surface area contributed by atoms with Crippen molar-refractivity contribution in [3.63, 3.8) is 0 Å². The van der Waals surface area contributed by atoms with Crippen LogP contribution in [0.4, 0.5) is 14.9 Å². The molecule has 8 heteroatoms. The summed E-state index contributed by atoms with van der Waals surface area (Å²) in [5, 5.41) is 2.25. The zero-order valence-corrected chi connectivity index (χ0v) is 21.5. The molecule has 1 aliphatic heterocycles. The maximum absolute atomic E-state index is 13.6. The summed E-state index contributed by atoms with van der Waals surface area (Å²) in [4.78, 5) is 39.4. The number of carbonyl (C=O) groups excluding carboxylic acids is 3. The highest BCUT2D eigenvalue weighted by atomic mass is 127. The molecule has 35 heavy (non-hydrogen) atoms. The van der Waals surface area contributed by atoms with Gasteiger partial charge in [0.25, 0.3) is 11.8 Å². The minimum Gasteiger partial charge on any atom is -0.496 e. The number of nitrogens with one attached hydrogen (secondary N) is 1. The quantitative estimate of drug-likeness (QED) is 0.251. The third-order valence-corrected chi connectivity index (χ3v) is 6.64. The summed E-state index contributed by atoms with van der Waals surface area (Å²) in [6, 6.07) is 14.4. The van der Waals surface area contributed by atoms with Crippen molar-refractivity contribution in [3.8, 4) is 5.75 Å². The molecule has 0 bridgehead atoms. The van der Waals surface area contributed by atoms with Gasteiger partial charge < -0.3 is 4.74 Å². The number of carbonyl (C=O) groups is 3. The lowest BCUT2D eigenvalue weighted by molar-refractivity contribution is -0.122. The Morgan fingerprint density at radius 3 is 2.51 bits per heavy atom. The van der Waals surface area contributed by atoms with E-state index in [0.717, 1.165) is 30.7 Å². The fraction of sp³-hybridized carbons (Fsp3) is 0.148. The fourth-order valence-electron chi connectivity index (χ4n) is 4.02. The second-order valence-corrected chi connectivity index (χ2v) is 9.40. The van der Waals surface area contributed by atoms with Crippen molar-refractivity contribution >= 4 is 52.2 Å². The third-order valence-electron chi connectivity index (χ3n) is 5.67. The van der Waals surface area contributed by atoms with Gasteiger partial charge in [-0.25, -0.2) is 14.1 Å². The van der Waals surface area contributed by atoms with Gasteiger partial charge in [0.05, 0.1) is 12.8 Å². The molecule has 0 spiro atoms. The largest absolute Gasteiger partial charge is 0.496 e. The number of barbiturate groups is 1. The van der Waals surface area contributed by atoms with Crippen LogP contribution in [0.25, 0.3) is 6.08 Å². The normalized spacial score (nSPS) is 14.9. The lowest BCUT2D eigenvalue weighted by Crippen LogP contribution is -2.54. The van der Waals surface area contributed by atoms with Gasteiger partial charge in [0.1, 0.15) is 17.1 Å². The van der Waals surface area contributed by atoms with E-state index < -0.39 is 17.8 Å². The van der Waals surface area contributed by atoms with Gasteiger partial charge in [-0.1, -0.05) is 29.8 Å².